The number of pyridine rings is 1. The van der Waals surface area contributed by atoms with Crippen molar-refractivity contribution in [3.05, 3.63) is 59.4 Å². The Hall–Kier alpha value is -2.29. The van der Waals surface area contributed by atoms with Crippen molar-refractivity contribution in [2.24, 2.45) is 0 Å². The van der Waals surface area contributed by atoms with Crippen LogP contribution in [-0.2, 0) is 0 Å². The Balaban J connectivity index is 2.08. The van der Waals surface area contributed by atoms with Crippen molar-refractivity contribution in [2.75, 3.05) is 5.32 Å². The quantitative estimate of drug-likeness (QED) is 0.745. The lowest BCUT2D eigenvalue weighted by molar-refractivity contribution is 1.15. The molecule has 0 saturated carbocycles. The molecule has 0 aliphatic carbocycles. The van der Waals surface area contributed by atoms with Gasteiger partial charge in [-0.2, -0.15) is 0 Å². The van der Waals surface area contributed by atoms with Crippen molar-refractivity contribution in [2.45, 2.75) is 20.8 Å². The minimum Gasteiger partial charge on any atom is -0.340 e. The largest absolute Gasteiger partial charge is 0.340 e. The van der Waals surface area contributed by atoms with Crippen LogP contribution in [-0.4, -0.2) is 9.38 Å². The molecule has 0 unspecified atom stereocenters. The van der Waals surface area contributed by atoms with Crippen LogP contribution in [0.5, 0.6) is 0 Å². The topological polar surface area (TPSA) is 29.3 Å². The smallest absolute Gasteiger partial charge is 0.138 e. The van der Waals surface area contributed by atoms with E-state index in [1.54, 1.807) is 0 Å². The maximum atomic E-state index is 4.42. The summed E-state index contributed by atoms with van der Waals surface area (Å²) >= 11 is 0. The van der Waals surface area contributed by atoms with Gasteiger partial charge in [0.05, 0.1) is 6.20 Å². The van der Waals surface area contributed by atoms with Gasteiger partial charge in [0, 0.05) is 11.9 Å². The number of para-hydroxylation sites is 1. The molecule has 1 N–H and O–H groups in total. The molecule has 3 heteroatoms. The molecule has 0 aliphatic heterocycles. The summed E-state index contributed by atoms with van der Waals surface area (Å²) in [5.74, 6) is 0.996. The Kier molecular flexibility index (Phi) is 2.75. The number of fused-ring (bicyclic) bond motifs is 1. The lowest BCUT2D eigenvalue weighted by Gasteiger charge is -2.12. The molecule has 2 aromatic heterocycles. The van der Waals surface area contributed by atoms with E-state index in [0.29, 0.717) is 0 Å². The first kappa shape index (κ1) is 11.8. The van der Waals surface area contributed by atoms with E-state index in [4.69, 9.17) is 0 Å². The normalized spacial score (nSPS) is 10.9. The molecule has 1 aromatic carbocycles. The number of hydrogen-bond acceptors (Lipinski definition) is 2. The summed E-state index contributed by atoms with van der Waals surface area (Å²) < 4.78 is 2.08. The maximum absolute atomic E-state index is 4.42. The second kappa shape index (κ2) is 4.43. The van der Waals surface area contributed by atoms with Crippen LogP contribution in [0.3, 0.4) is 0 Å². The number of anilines is 2. The molecule has 0 fully saturated rings. The molecule has 0 radical (unpaired) electrons. The summed E-state index contributed by atoms with van der Waals surface area (Å²) in [6, 6.07) is 10.4. The Morgan fingerprint density at radius 1 is 1.00 bits per heavy atom. The van der Waals surface area contributed by atoms with Crippen LogP contribution in [0.4, 0.5) is 11.5 Å². The average molecular weight is 251 g/mol. The van der Waals surface area contributed by atoms with Gasteiger partial charge in [-0.05, 0) is 43.5 Å². The fourth-order valence-electron chi connectivity index (χ4n) is 2.32. The van der Waals surface area contributed by atoms with Crippen molar-refractivity contribution in [3.8, 4) is 0 Å². The van der Waals surface area contributed by atoms with E-state index in [2.05, 4.69) is 65.9 Å². The van der Waals surface area contributed by atoms with Crippen LogP contribution in [0.2, 0.25) is 0 Å². The van der Waals surface area contributed by atoms with Crippen LogP contribution in [0.15, 0.2) is 42.7 Å². The number of rotatable bonds is 2. The summed E-state index contributed by atoms with van der Waals surface area (Å²) in [7, 11) is 0. The molecule has 0 amide bonds. The standard InChI is InChI=1S/C16H17N3/c1-11-7-8-14-17-9-15(19(14)10-11)18-16-12(2)5-4-6-13(16)3/h4-10,18H,1-3H3. The minimum atomic E-state index is 0.958. The zero-order valence-corrected chi connectivity index (χ0v) is 11.4. The van der Waals surface area contributed by atoms with E-state index in [0.717, 1.165) is 17.2 Å². The molecule has 0 bridgehead atoms. The third kappa shape index (κ3) is 2.08. The minimum absolute atomic E-state index is 0.958. The average Bonchev–Trinajstić information content (AvgIpc) is 2.76. The van der Waals surface area contributed by atoms with Crippen LogP contribution in [0.1, 0.15) is 16.7 Å². The SMILES string of the molecule is Cc1ccc2ncc(Nc3c(C)cccc3C)n2c1. The van der Waals surface area contributed by atoms with Gasteiger partial charge in [0.25, 0.3) is 0 Å². The van der Waals surface area contributed by atoms with Gasteiger partial charge in [0.2, 0.25) is 0 Å². The summed E-state index contributed by atoms with van der Waals surface area (Å²) in [5.41, 5.74) is 5.81. The predicted octanol–water partition coefficient (Wildman–Crippen LogP) is 4.00. The van der Waals surface area contributed by atoms with Crippen molar-refractivity contribution >= 4 is 17.2 Å². The highest BCUT2D eigenvalue weighted by molar-refractivity contribution is 5.66. The monoisotopic (exact) mass is 251 g/mol. The molecule has 0 aliphatic rings. The summed E-state index contributed by atoms with van der Waals surface area (Å²) in [6.45, 7) is 6.32. The van der Waals surface area contributed by atoms with E-state index in [9.17, 15) is 0 Å². The van der Waals surface area contributed by atoms with Gasteiger partial charge < -0.3 is 5.32 Å². The fourth-order valence-corrected chi connectivity index (χ4v) is 2.32. The molecule has 0 spiro atoms. The highest BCUT2D eigenvalue weighted by Crippen LogP contribution is 2.24. The molecule has 0 saturated heterocycles. The predicted molar refractivity (Wildman–Crippen MR) is 79.1 cm³/mol. The van der Waals surface area contributed by atoms with Crippen molar-refractivity contribution in [3.63, 3.8) is 0 Å². The van der Waals surface area contributed by atoms with Gasteiger partial charge in [0.1, 0.15) is 11.5 Å². The number of benzene rings is 1. The second-order valence-corrected chi connectivity index (χ2v) is 4.97. The summed E-state index contributed by atoms with van der Waals surface area (Å²) in [4.78, 5) is 4.42. The van der Waals surface area contributed by atoms with Crippen molar-refractivity contribution in [1.82, 2.24) is 9.38 Å². The number of hydrogen-bond donors (Lipinski definition) is 1. The molecule has 96 valence electrons. The Morgan fingerprint density at radius 3 is 2.47 bits per heavy atom. The van der Waals surface area contributed by atoms with Crippen molar-refractivity contribution in [1.29, 1.82) is 0 Å². The number of nitrogens with one attached hydrogen (secondary N) is 1. The van der Waals surface area contributed by atoms with Gasteiger partial charge in [-0.25, -0.2) is 4.98 Å². The summed E-state index contributed by atoms with van der Waals surface area (Å²) in [5, 5.41) is 3.49. The summed E-state index contributed by atoms with van der Waals surface area (Å²) in [6.07, 6.45) is 3.97. The molecule has 19 heavy (non-hydrogen) atoms. The molecule has 2 heterocycles. The first-order valence-electron chi connectivity index (χ1n) is 6.42. The lowest BCUT2D eigenvalue weighted by Crippen LogP contribution is -1.99. The van der Waals surface area contributed by atoms with Crippen LogP contribution in [0.25, 0.3) is 5.65 Å². The van der Waals surface area contributed by atoms with Gasteiger partial charge in [-0.1, -0.05) is 24.3 Å². The van der Waals surface area contributed by atoms with E-state index >= 15 is 0 Å². The fraction of sp³-hybridized carbons (Fsp3) is 0.188. The number of nitrogens with zero attached hydrogens (tertiary/aromatic N) is 2. The Morgan fingerprint density at radius 2 is 1.74 bits per heavy atom. The van der Waals surface area contributed by atoms with Crippen LogP contribution >= 0.6 is 0 Å². The molecular weight excluding hydrogens is 234 g/mol. The Bertz CT molecular complexity index is 721. The van der Waals surface area contributed by atoms with Crippen LogP contribution in [0, 0.1) is 20.8 Å². The van der Waals surface area contributed by atoms with Crippen LogP contribution < -0.4 is 5.32 Å². The lowest BCUT2D eigenvalue weighted by atomic mass is 10.1. The molecular formula is C16H17N3. The zero-order valence-electron chi connectivity index (χ0n) is 11.4. The third-order valence-electron chi connectivity index (χ3n) is 3.39. The number of imidazole rings is 1. The van der Waals surface area contributed by atoms with Gasteiger partial charge in [-0.3, -0.25) is 4.40 Å². The first-order valence-corrected chi connectivity index (χ1v) is 6.42. The highest BCUT2D eigenvalue weighted by Gasteiger charge is 2.06. The van der Waals surface area contributed by atoms with Gasteiger partial charge in [0.15, 0.2) is 0 Å². The van der Waals surface area contributed by atoms with E-state index in [1.165, 1.54) is 16.7 Å². The maximum Gasteiger partial charge on any atom is 0.138 e. The van der Waals surface area contributed by atoms with Gasteiger partial charge >= 0.3 is 0 Å². The van der Waals surface area contributed by atoms with E-state index in [1.807, 2.05) is 12.3 Å². The molecule has 3 aromatic rings. The number of aryl methyl sites for hydroxylation is 3. The second-order valence-electron chi connectivity index (χ2n) is 4.97. The zero-order chi connectivity index (χ0) is 13.4. The Labute approximate surface area is 112 Å². The number of aromatic nitrogens is 2. The molecule has 3 rings (SSSR count). The van der Waals surface area contributed by atoms with E-state index < -0.39 is 0 Å². The highest BCUT2D eigenvalue weighted by atomic mass is 15.1. The van der Waals surface area contributed by atoms with Gasteiger partial charge in [-0.15, -0.1) is 0 Å². The molecule has 3 nitrogen and oxygen atoms in total. The van der Waals surface area contributed by atoms with E-state index in [-0.39, 0.29) is 0 Å². The van der Waals surface area contributed by atoms with Crippen molar-refractivity contribution < 1.29 is 0 Å². The first-order chi connectivity index (χ1) is 9.15. The molecule has 0 atom stereocenters. The third-order valence-corrected chi connectivity index (χ3v) is 3.39.